The van der Waals surface area contributed by atoms with E-state index in [0.717, 1.165) is 6.33 Å². The highest BCUT2D eigenvalue weighted by Crippen LogP contribution is 2.51. The van der Waals surface area contributed by atoms with Crippen LogP contribution in [0.15, 0.2) is 36.0 Å². The highest BCUT2D eigenvalue weighted by Gasteiger charge is 2.52. The number of H-pyrrole nitrogens is 1. The van der Waals surface area contributed by atoms with Gasteiger partial charge in [0.15, 0.2) is 29.9 Å². The van der Waals surface area contributed by atoms with E-state index in [1.165, 1.54) is 17.2 Å². The zero-order valence-corrected chi connectivity index (χ0v) is 21.9. The summed E-state index contributed by atoms with van der Waals surface area (Å²) >= 11 is 0. The highest BCUT2D eigenvalue weighted by molar-refractivity contribution is 7.47. The maximum atomic E-state index is 13.1. The van der Waals surface area contributed by atoms with Crippen LogP contribution in [-0.2, 0) is 27.8 Å². The van der Waals surface area contributed by atoms with Crippen LogP contribution in [0.3, 0.4) is 0 Å². The van der Waals surface area contributed by atoms with E-state index in [9.17, 15) is 24.5 Å². The van der Waals surface area contributed by atoms with Crippen LogP contribution in [-0.4, -0.2) is 93.1 Å². The first kappa shape index (κ1) is 26.6. The zero-order valence-electron chi connectivity index (χ0n) is 21.0. The largest absolute Gasteiger partial charge is 0.472 e. The molecule has 6 N–H and O–H groups in total. The van der Waals surface area contributed by atoms with Gasteiger partial charge in [0.25, 0.3) is 5.56 Å². The summed E-state index contributed by atoms with van der Waals surface area (Å²) in [5, 5.41) is 22.8. The third-order valence-corrected chi connectivity index (χ3v) is 8.52. The lowest BCUT2D eigenvalue weighted by molar-refractivity contribution is -0.178. The van der Waals surface area contributed by atoms with E-state index in [4.69, 9.17) is 29.0 Å². The van der Waals surface area contributed by atoms with Crippen LogP contribution >= 0.6 is 7.82 Å². The predicted octanol–water partition coefficient (Wildman–Crippen LogP) is -0.840. The maximum absolute atomic E-state index is 13.1. The molecule has 0 spiro atoms. The van der Waals surface area contributed by atoms with Gasteiger partial charge >= 0.3 is 7.82 Å². The van der Waals surface area contributed by atoms with E-state index in [0.29, 0.717) is 11.0 Å². The van der Waals surface area contributed by atoms with Gasteiger partial charge in [-0.1, -0.05) is 0 Å². The Balaban J connectivity index is 1.16. The summed E-state index contributed by atoms with van der Waals surface area (Å²) in [6, 6.07) is 1.70. The minimum atomic E-state index is -4.85. The number of imidazole rings is 1. The number of nitrogen functional groups attached to an aromatic ring is 1. The Labute approximate surface area is 229 Å². The summed E-state index contributed by atoms with van der Waals surface area (Å²) in [6.45, 7) is -0.415. The van der Waals surface area contributed by atoms with Crippen molar-refractivity contribution in [3.05, 3.63) is 41.6 Å². The first-order valence-corrected chi connectivity index (χ1v) is 14.1. The monoisotopic (exact) mass is 592 g/mol. The van der Waals surface area contributed by atoms with Crippen molar-refractivity contribution in [3.8, 4) is 0 Å². The number of aliphatic hydroxyl groups excluding tert-OH is 2. The molecule has 2 bridgehead atoms. The third-order valence-electron chi connectivity index (χ3n) is 7.54. The lowest BCUT2D eigenvalue weighted by atomic mass is 9.95. The number of hydrogen-bond acceptors (Lipinski definition) is 14. The highest BCUT2D eigenvalue weighted by atomic mass is 31.2. The number of nitrogens with two attached hydrogens (primary N) is 1. The fourth-order valence-electron chi connectivity index (χ4n) is 5.55. The number of phosphoric ester groups is 1. The molecular formula is C22H25N8O10P. The average molecular weight is 592 g/mol. The van der Waals surface area contributed by atoms with Crippen molar-refractivity contribution >= 4 is 35.8 Å². The minimum absolute atomic E-state index is 0.00630. The zero-order chi connectivity index (χ0) is 28.5. The number of aromatic amines is 1. The molecule has 0 radical (unpaired) electrons. The van der Waals surface area contributed by atoms with Gasteiger partial charge in [0.2, 0.25) is 0 Å². The fourth-order valence-corrected chi connectivity index (χ4v) is 6.49. The molecule has 218 valence electrons. The number of hydrogen-bond donors (Lipinski definition) is 5. The SMILES string of the molecule is Nc1ncnc2c1ccn2[C@@H]1O[C@@H]2COP(=O)(O)O[C@@H]3[C@H](O)C(OCC[C@H]2[C@H]1O)O[C@H]3n1cnc2c(=O)[nH]cnc21. The molecule has 7 rings (SSSR count). The molecule has 41 heavy (non-hydrogen) atoms. The van der Waals surface area contributed by atoms with Crippen molar-refractivity contribution in [2.24, 2.45) is 5.92 Å². The van der Waals surface area contributed by atoms with Crippen molar-refractivity contribution in [2.45, 2.75) is 49.6 Å². The molecule has 2 unspecified atom stereocenters. The van der Waals surface area contributed by atoms with Crippen molar-refractivity contribution < 1.29 is 42.9 Å². The molecule has 7 heterocycles. The Bertz CT molecular complexity index is 1710. The summed E-state index contributed by atoms with van der Waals surface area (Å²) in [5.41, 5.74) is 5.96. The van der Waals surface area contributed by atoms with E-state index in [-0.39, 0.29) is 30.0 Å². The normalized spacial score (nSPS) is 36.3. The second-order valence-corrected chi connectivity index (χ2v) is 11.3. The second-order valence-electron chi connectivity index (χ2n) is 9.87. The number of nitrogens with zero attached hydrogens (tertiary/aromatic N) is 6. The number of nitrogens with one attached hydrogen (secondary N) is 1. The van der Waals surface area contributed by atoms with E-state index >= 15 is 0 Å². The maximum Gasteiger partial charge on any atom is 0.472 e. The van der Waals surface area contributed by atoms with Crippen LogP contribution in [0.25, 0.3) is 22.2 Å². The lowest BCUT2D eigenvalue weighted by Gasteiger charge is -2.26. The molecule has 18 nitrogen and oxygen atoms in total. The molecule has 0 saturated carbocycles. The average Bonchev–Trinajstić information content (AvgIpc) is 3.69. The Hall–Kier alpha value is -3.32. The molecule has 4 aromatic heterocycles. The van der Waals surface area contributed by atoms with Gasteiger partial charge in [0.1, 0.15) is 36.1 Å². The van der Waals surface area contributed by atoms with E-state index in [1.54, 1.807) is 16.8 Å². The van der Waals surface area contributed by atoms with Gasteiger partial charge in [0, 0.05) is 12.1 Å². The van der Waals surface area contributed by atoms with Crippen LogP contribution < -0.4 is 11.3 Å². The van der Waals surface area contributed by atoms with E-state index < -0.39 is 69.1 Å². The Morgan fingerprint density at radius 1 is 1.07 bits per heavy atom. The van der Waals surface area contributed by atoms with Gasteiger partial charge in [-0.15, -0.1) is 0 Å². The standard InChI is InChI=1S/C22H25N8O10P/c23-16-10-1-3-29(17(10)25-6-24-16)20-13(31)9-2-4-36-22-14(32)15(40-41(34,35)37-5-11(9)38-20)21(39-22)30-8-28-12-18(30)26-7-27-19(12)33/h1,3,6-9,11,13-15,20-22,31-32H,2,4-5H2,(H,34,35)(H2,23,24,25)(H,26,27,33)/t9-,11-,13-,14+,15-,20-,21-,22?/m1/s1. The summed E-state index contributed by atoms with van der Waals surface area (Å²) in [6.07, 6.45) is -2.85. The number of aliphatic hydroxyl groups is 2. The number of rotatable bonds is 2. The van der Waals surface area contributed by atoms with Gasteiger partial charge < -0.3 is 44.6 Å². The smallest absolute Gasteiger partial charge is 0.388 e. The molecule has 3 saturated heterocycles. The van der Waals surface area contributed by atoms with Crippen molar-refractivity contribution in [1.29, 1.82) is 0 Å². The molecule has 0 aromatic carbocycles. The van der Waals surface area contributed by atoms with Gasteiger partial charge in [0.05, 0.1) is 37.4 Å². The Morgan fingerprint density at radius 3 is 2.78 bits per heavy atom. The first-order chi connectivity index (χ1) is 19.7. The van der Waals surface area contributed by atoms with Crippen LogP contribution in [0.2, 0.25) is 0 Å². The van der Waals surface area contributed by atoms with Gasteiger partial charge in [-0.05, 0) is 12.5 Å². The molecule has 4 aromatic rings. The number of anilines is 1. The van der Waals surface area contributed by atoms with Crippen LogP contribution in [0.5, 0.6) is 0 Å². The van der Waals surface area contributed by atoms with Crippen LogP contribution in [0.1, 0.15) is 18.9 Å². The summed E-state index contributed by atoms with van der Waals surface area (Å²) in [5.74, 6) is -0.351. The molecule has 19 heteroatoms. The Kier molecular flexibility index (Phi) is 6.42. The Morgan fingerprint density at radius 2 is 1.93 bits per heavy atom. The lowest BCUT2D eigenvalue weighted by Crippen LogP contribution is -2.37. The van der Waals surface area contributed by atoms with E-state index in [2.05, 4.69) is 24.9 Å². The third kappa shape index (κ3) is 4.44. The first-order valence-electron chi connectivity index (χ1n) is 12.6. The van der Waals surface area contributed by atoms with Gasteiger partial charge in [-0.2, -0.15) is 0 Å². The van der Waals surface area contributed by atoms with Crippen LogP contribution in [0, 0.1) is 5.92 Å². The number of fused-ring (bicyclic) bond motifs is 5. The number of aromatic nitrogens is 7. The molecular weight excluding hydrogens is 567 g/mol. The topological polar surface area (TPSA) is 244 Å². The second kappa shape index (κ2) is 9.90. The molecule has 0 aliphatic carbocycles. The molecule has 3 aliphatic heterocycles. The van der Waals surface area contributed by atoms with Crippen molar-refractivity contribution in [2.75, 3.05) is 18.9 Å². The van der Waals surface area contributed by atoms with Gasteiger partial charge in [-0.3, -0.25) is 18.4 Å². The van der Waals surface area contributed by atoms with E-state index in [1.807, 2.05) is 0 Å². The molecule has 0 amide bonds. The van der Waals surface area contributed by atoms with Crippen molar-refractivity contribution in [1.82, 2.24) is 34.1 Å². The quantitative estimate of drug-likeness (QED) is 0.178. The van der Waals surface area contributed by atoms with Crippen molar-refractivity contribution in [3.63, 3.8) is 0 Å². The van der Waals surface area contributed by atoms with Gasteiger partial charge in [-0.25, -0.2) is 24.5 Å². The summed E-state index contributed by atoms with van der Waals surface area (Å²) in [7, 11) is -4.85. The number of phosphoric acid groups is 1. The fraction of sp³-hybridized carbons (Fsp3) is 0.500. The minimum Gasteiger partial charge on any atom is -0.388 e. The molecule has 3 fully saturated rings. The summed E-state index contributed by atoms with van der Waals surface area (Å²) < 4.78 is 44.5. The molecule has 9 atom stereocenters. The molecule has 3 aliphatic rings. The van der Waals surface area contributed by atoms with Crippen LogP contribution in [0.4, 0.5) is 5.82 Å². The predicted molar refractivity (Wildman–Crippen MR) is 135 cm³/mol. The number of ether oxygens (including phenoxy) is 3. The summed E-state index contributed by atoms with van der Waals surface area (Å²) in [4.78, 5) is 41.5.